The van der Waals surface area contributed by atoms with Gasteiger partial charge in [0.2, 0.25) is 0 Å². The Hall–Kier alpha value is -20.8. The molecule has 150 heavy (non-hydrogen) atoms. The molecule has 0 radical (unpaired) electrons. The number of hydrogen-bond acceptors (Lipinski definition) is 15. The number of hydrogen-bond donors (Lipinski definition) is 0. The van der Waals surface area contributed by atoms with Gasteiger partial charge in [-0.25, -0.2) is 44.9 Å². The van der Waals surface area contributed by atoms with E-state index in [-0.39, 0.29) is 0 Å². The number of furan rings is 3. The Morgan fingerprint density at radius 1 is 0.160 bits per heavy atom. The summed E-state index contributed by atoms with van der Waals surface area (Å²) in [5.74, 6) is 5.05. The first kappa shape index (κ1) is 87.1. The van der Waals surface area contributed by atoms with Crippen molar-refractivity contribution in [3.8, 4) is 153 Å². The minimum Gasteiger partial charge on any atom is -0.456 e. The van der Waals surface area contributed by atoms with Crippen molar-refractivity contribution in [1.82, 2.24) is 73.5 Å². The largest absolute Gasteiger partial charge is 0.456 e. The van der Waals surface area contributed by atoms with Gasteiger partial charge in [0, 0.05) is 157 Å². The Labute approximate surface area is 857 Å². The van der Waals surface area contributed by atoms with Crippen molar-refractivity contribution in [1.29, 1.82) is 0 Å². The van der Waals surface area contributed by atoms with E-state index in [0.717, 1.165) is 210 Å². The average Bonchev–Trinajstić information content (AvgIpc) is 1.57. The second-order valence-electron chi connectivity index (χ2n) is 37.0. The smallest absolute Gasteiger partial charge is 0.182 e. The maximum absolute atomic E-state index is 6.59. The van der Waals surface area contributed by atoms with Crippen LogP contribution >= 0.6 is 0 Å². The molecule has 0 aliphatic carbocycles. The summed E-state index contributed by atoms with van der Waals surface area (Å²) in [6.07, 6.45) is 8.84. The summed E-state index contributed by atoms with van der Waals surface area (Å²) in [7, 11) is 0. The highest BCUT2D eigenvalue weighted by molar-refractivity contribution is 6.23. The second-order valence-corrected chi connectivity index (χ2v) is 37.0. The predicted octanol–water partition coefficient (Wildman–Crippen LogP) is 32.8. The van der Waals surface area contributed by atoms with Gasteiger partial charge in [0.25, 0.3) is 0 Å². The van der Waals surface area contributed by atoms with Crippen LogP contribution < -0.4 is 0 Å². The van der Waals surface area contributed by atoms with Crippen LogP contribution in [0.25, 0.3) is 284 Å². The monoisotopic (exact) mass is 1920 g/mol. The fourth-order valence-corrected chi connectivity index (χ4v) is 21.1. The summed E-state index contributed by atoms with van der Waals surface area (Å²) >= 11 is 0. The summed E-state index contributed by atoms with van der Waals surface area (Å²) in [4.78, 5) is 58.8. The lowest BCUT2D eigenvalue weighted by Crippen LogP contribution is -2.01. The van der Waals surface area contributed by atoms with Gasteiger partial charge < -0.3 is 27.0 Å². The van der Waals surface area contributed by atoms with E-state index in [4.69, 9.17) is 58.1 Å². The molecule has 0 atom stereocenters. The van der Waals surface area contributed by atoms with E-state index in [2.05, 4.69) is 314 Å². The molecule has 0 aliphatic heterocycles. The van der Waals surface area contributed by atoms with E-state index in [0.29, 0.717) is 58.1 Å². The molecule has 0 saturated heterocycles. The van der Waals surface area contributed by atoms with Gasteiger partial charge in [-0.1, -0.05) is 303 Å². The molecule has 0 bridgehead atoms. The molecule has 18 heteroatoms. The van der Waals surface area contributed by atoms with E-state index < -0.39 is 0 Å². The predicted molar refractivity (Wildman–Crippen MR) is 603 cm³/mol. The molecule has 30 rings (SSSR count). The molecule has 0 fully saturated rings. The fraction of sp³-hybridized carbons (Fsp3) is 0. The Bertz CT molecular complexity index is 10100. The number of pyridine rings is 3. The molecule has 0 saturated carbocycles. The minimum absolute atomic E-state index is 0.507. The molecule has 30 aromatic rings. The molecule has 12 heterocycles. The van der Waals surface area contributed by atoms with E-state index in [9.17, 15) is 0 Å². The zero-order valence-corrected chi connectivity index (χ0v) is 80.2. The molecular weight excluding hydrogens is 1840 g/mol. The Morgan fingerprint density at radius 3 is 0.813 bits per heavy atom. The van der Waals surface area contributed by atoms with E-state index in [1.165, 1.54) is 16.2 Å². The van der Waals surface area contributed by atoms with Gasteiger partial charge in [-0.3, -0.25) is 15.0 Å². The van der Waals surface area contributed by atoms with Crippen molar-refractivity contribution < 1.29 is 13.3 Å². The molecule has 0 unspecified atom stereocenters. The molecule has 12 aromatic heterocycles. The lowest BCUT2D eigenvalue weighted by atomic mass is 10.0. The fourth-order valence-electron chi connectivity index (χ4n) is 21.1. The van der Waals surface area contributed by atoms with Crippen molar-refractivity contribution in [2.45, 2.75) is 0 Å². The van der Waals surface area contributed by atoms with Crippen LogP contribution in [0.4, 0.5) is 0 Å². The number of benzene rings is 18. The third-order valence-electron chi connectivity index (χ3n) is 28.0. The van der Waals surface area contributed by atoms with Crippen LogP contribution in [0.15, 0.2) is 505 Å². The number of para-hydroxylation sites is 6. The summed E-state index contributed by atoms with van der Waals surface area (Å²) in [6.45, 7) is 0. The molecular formula is C132H81N15O3. The number of aromatic nitrogens is 15. The van der Waals surface area contributed by atoms with Crippen molar-refractivity contribution in [2.24, 2.45) is 0 Å². The number of fused-ring (bicyclic) bond motifs is 18. The topological polar surface area (TPSA) is 209 Å². The minimum atomic E-state index is 0.507. The van der Waals surface area contributed by atoms with Gasteiger partial charge in [0.15, 0.2) is 52.4 Å². The van der Waals surface area contributed by atoms with Crippen LogP contribution in [0.3, 0.4) is 0 Å². The quantitative estimate of drug-likeness (QED) is 0.0935. The number of rotatable bonds is 15. The molecule has 0 N–H and O–H groups in total. The summed E-state index contributed by atoms with van der Waals surface area (Å²) in [5.41, 5.74) is 29.2. The normalized spacial score (nSPS) is 11.6. The van der Waals surface area contributed by atoms with Crippen molar-refractivity contribution in [3.05, 3.63) is 492 Å². The highest BCUT2D eigenvalue weighted by Gasteiger charge is 2.28. The van der Waals surface area contributed by atoms with E-state index in [1.54, 1.807) is 31.0 Å². The highest BCUT2D eigenvalue weighted by atomic mass is 16.3. The van der Waals surface area contributed by atoms with Crippen molar-refractivity contribution >= 4 is 131 Å². The van der Waals surface area contributed by atoms with E-state index >= 15 is 0 Å². The lowest BCUT2D eigenvalue weighted by Gasteiger charge is -2.10. The zero-order valence-electron chi connectivity index (χ0n) is 80.2. The molecule has 18 aromatic carbocycles. The van der Waals surface area contributed by atoms with Gasteiger partial charge >= 0.3 is 0 Å². The van der Waals surface area contributed by atoms with Crippen LogP contribution in [0.5, 0.6) is 0 Å². The number of nitrogens with zero attached hydrogens (tertiary/aromatic N) is 15. The zero-order chi connectivity index (χ0) is 99.1. The van der Waals surface area contributed by atoms with Gasteiger partial charge in [-0.15, -0.1) is 0 Å². The maximum atomic E-state index is 6.59. The first-order chi connectivity index (χ1) is 74.3. The summed E-state index contributed by atoms with van der Waals surface area (Å²) < 4.78 is 26.7. The van der Waals surface area contributed by atoms with Crippen LogP contribution in [-0.4, -0.2) is 73.5 Å². The first-order valence-electron chi connectivity index (χ1n) is 49.7. The molecule has 0 spiro atoms. The Kier molecular flexibility index (Phi) is 21.4. The molecule has 0 aliphatic rings. The van der Waals surface area contributed by atoms with Crippen LogP contribution in [0.2, 0.25) is 0 Å². The van der Waals surface area contributed by atoms with E-state index in [1.807, 2.05) is 176 Å². The van der Waals surface area contributed by atoms with Gasteiger partial charge in [0.1, 0.15) is 39.2 Å². The standard InChI is InChI=1S/3C44H27N5O/c1-3-12-28(13-4-1)29-14-9-15-30(24-29)42-46-43(31-16-11-23-45-27-31)48-44(47-42)34-20-10-22-39-41(34)36-25-38-35(26-40(36)50-39)33-19-7-8-21-37(33)49(38)32-17-5-2-6-18-32;1-3-11-28(12-4-1)29-20-22-30(23-21-29)42-46-43(31-13-10-24-45-27-31)48-44(47-42)34-17-9-19-39-41(34)36-25-38-35(26-40(36)50-39)33-16-7-8-18-37(33)49(38)32-14-5-2-6-15-32;1-3-13-28(14-4-1)29-15-11-16-30(25-29)42-46-43(48-44(47-42)36-21-9-10-24-45-36)33-20-12-23-39-41(33)35-26-38-34(27-40(35)50-39)32-19-7-8-22-37(32)49(38)31-17-5-2-6-18-31/h3*1-27H. The third kappa shape index (κ3) is 15.6. The van der Waals surface area contributed by atoms with Crippen LogP contribution in [-0.2, 0) is 0 Å². The third-order valence-corrected chi connectivity index (χ3v) is 28.0. The SMILES string of the molecule is c1ccc(-c2ccc(-c3nc(-c4cccnc4)nc(-c4cccc5oc6cc7c8ccccc8n(-c8ccccc8)c7cc6c45)n3)cc2)cc1.c1ccc(-c2cccc(-c3nc(-c4ccccn4)nc(-c4cccc5oc6cc7c8ccccc8n(-c8ccccc8)c7cc6c45)n3)c2)cc1.c1ccc(-c2cccc(-c3nc(-c4cccnc4)nc(-c4cccc5oc6cc7c8ccccc8n(-c8ccccc8)c7cc6c45)n3)c2)cc1. The highest BCUT2D eigenvalue weighted by Crippen LogP contribution is 2.48. The van der Waals surface area contributed by atoms with Crippen LogP contribution in [0.1, 0.15) is 0 Å². The van der Waals surface area contributed by atoms with Crippen molar-refractivity contribution in [2.75, 3.05) is 0 Å². The Morgan fingerprint density at radius 2 is 0.447 bits per heavy atom. The molecule has 18 nitrogen and oxygen atoms in total. The van der Waals surface area contributed by atoms with Gasteiger partial charge in [0.05, 0.1) is 33.1 Å². The summed E-state index contributed by atoms with van der Waals surface area (Å²) in [5, 5.41) is 12.8. The van der Waals surface area contributed by atoms with Gasteiger partial charge in [-0.2, -0.15) is 0 Å². The lowest BCUT2D eigenvalue weighted by molar-refractivity contribution is 0.669. The second kappa shape index (κ2) is 36.9. The van der Waals surface area contributed by atoms with Gasteiger partial charge in [-0.05, 0) is 191 Å². The molecule has 702 valence electrons. The Balaban J connectivity index is 0.000000108. The first-order valence-corrected chi connectivity index (χ1v) is 49.7. The van der Waals surface area contributed by atoms with Crippen LogP contribution in [0, 0.1) is 0 Å². The summed E-state index contributed by atoms with van der Waals surface area (Å²) in [6, 6.07) is 158. The molecule has 0 amide bonds. The van der Waals surface area contributed by atoms with Crippen molar-refractivity contribution in [3.63, 3.8) is 0 Å². The maximum Gasteiger partial charge on any atom is 0.182 e. The average molecular weight is 1930 g/mol.